The van der Waals surface area contributed by atoms with Gasteiger partial charge in [0.15, 0.2) is 0 Å². The maximum absolute atomic E-state index is 12.5. The molecule has 2 heterocycles. The van der Waals surface area contributed by atoms with Crippen LogP contribution in [-0.4, -0.2) is 41.0 Å². The summed E-state index contributed by atoms with van der Waals surface area (Å²) in [4.78, 5) is 30.2. The highest BCUT2D eigenvalue weighted by atomic mass is 16.5. The van der Waals surface area contributed by atoms with Gasteiger partial charge in [0.05, 0.1) is 18.5 Å². The van der Waals surface area contributed by atoms with E-state index in [1.165, 1.54) is 0 Å². The number of carbonyl (C=O) groups excluding carboxylic acids is 2. The number of hydrogen-bond donors (Lipinski definition) is 1. The van der Waals surface area contributed by atoms with Gasteiger partial charge in [-0.2, -0.15) is 0 Å². The van der Waals surface area contributed by atoms with E-state index < -0.39 is 6.04 Å². The summed E-state index contributed by atoms with van der Waals surface area (Å²) in [6.07, 6.45) is 3.19. The van der Waals surface area contributed by atoms with Gasteiger partial charge < -0.3 is 15.0 Å². The molecular formula is C17H17N3O3. The third-order valence-electron chi connectivity index (χ3n) is 3.63. The molecule has 3 rings (SSSR count). The lowest BCUT2D eigenvalue weighted by molar-refractivity contribution is -0.154. The summed E-state index contributed by atoms with van der Waals surface area (Å²) in [7, 11) is 0. The summed E-state index contributed by atoms with van der Waals surface area (Å²) >= 11 is 0. The molecule has 23 heavy (non-hydrogen) atoms. The topological polar surface area (TPSA) is 71.5 Å². The molecule has 0 saturated carbocycles. The minimum atomic E-state index is -0.656. The van der Waals surface area contributed by atoms with Crippen molar-refractivity contribution in [2.24, 2.45) is 0 Å². The van der Waals surface area contributed by atoms with Crippen molar-refractivity contribution in [2.75, 3.05) is 18.5 Å². The van der Waals surface area contributed by atoms with Crippen LogP contribution in [0.1, 0.15) is 5.56 Å². The molecule has 1 aromatic carbocycles. The minimum absolute atomic E-state index is 0.00348. The standard InChI is InChI=1S/C17H17N3O3/c21-16-12-23-11-15(17(22)19-14-7-4-8-18-9-14)20(16)10-13-5-2-1-3-6-13/h1-9,15H,10-12H2,(H,19,22)/t15-/m0/s1. The zero-order chi connectivity index (χ0) is 16.1. The van der Waals surface area contributed by atoms with E-state index in [1.54, 1.807) is 29.4 Å². The molecule has 6 heteroatoms. The lowest BCUT2D eigenvalue weighted by Crippen LogP contribution is -2.54. The molecule has 1 saturated heterocycles. The van der Waals surface area contributed by atoms with Crippen molar-refractivity contribution in [1.82, 2.24) is 9.88 Å². The van der Waals surface area contributed by atoms with Crippen LogP contribution in [0.25, 0.3) is 0 Å². The number of amides is 2. The van der Waals surface area contributed by atoms with Crippen molar-refractivity contribution in [3.63, 3.8) is 0 Å². The zero-order valence-electron chi connectivity index (χ0n) is 12.5. The molecule has 1 fully saturated rings. The molecule has 0 spiro atoms. The average Bonchev–Trinajstić information content (AvgIpc) is 2.58. The third-order valence-corrected chi connectivity index (χ3v) is 3.63. The zero-order valence-corrected chi connectivity index (χ0v) is 12.5. The summed E-state index contributed by atoms with van der Waals surface area (Å²) in [5.74, 6) is -0.464. The van der Waals surface area contributed by atoms with Crippen molar-refractivity contribution in [1.29, 1.82) is 0 Å². The van der Waals surface area contributed by atoms with Crippen LogP contribution in [0.15, 0.2) is 54.9 Å². The van der Waals surface area contributed by atoms with Gasteiger partial charge in [-0.05, 0) is 17.7 Å². The smallest absolute Gasteiger partial charge is 0.249 e. The van der Waals surface area contributed by atoms with Gasteiger partial charge in [0.1, 0.15) is 12.6 Å². The molecule has 6 nitrogen and oxygen atoms in total. The average molecular weight is 311 g/mol. The van der Waals surface area contributed by atoms with E-state index in [0.29, 0.717) is 12.2 Å². The number of anilines is 1. The van der Waals surface area contributed by atoms with Gasteiger partial charge in [-0.25, -0.2) is 0 Å². The van der Waals surface area contributed by atoms with Crippen LogP contribution in [0, 0.1) is 0 Å². The number of benzene rings is 1. The van der Waals surface area contributed by atoms with E-state index >= 15 is 0 Å². The molecule has 1 aliphatic heterocycles. The number of nitrogens with one attached hydrogen (secondary N) is 1. The van der Waals surface area contributed by atoms with Crippen molar-refractivity contribution in [3.8, 4) is 0 Å². The lowest BCUT2D eigenvalue weighted by Gasteiger charge is -2.34. The number of aromatic nitrogens is 1. The second-order valence-corrected chi connectivity index (χ2v) is 5.27. The summed E-state index contributed by atoms with van der Waals surface area (Å²) < 4.78 is 5.25. The third kappa shape index (κ3) is 3.73. The second-order valence-electron chi connectivity index (χ2n) is 5.27. The number of nitrogens with zero attached hydrogens (tertiary/aromatic N) is 2. The Labute approximate surface area is 134 Å². The number of pyridine rings is 1. The number of ether oxygens (including phenoxy) is 1. The quantitative estimate of drug-likeness (QED) is 0.927. The fourth-order valence-electron chi connectivity index (χ4n) is 2.46. The van der Waals surface area contributed by atoms with Crippen LogP contribution in [-0.2, 0) is 20.9 Å². The van der Waals surface area contributed by atoms with Crippen molar-refractivity contribution < 1.29 is 14.3 Å². The van der Waals surface area contributed by atoms with Crippen LogP contribution in [0.4, 0.5) is 5.69 Å². The van der Waals surface area contributed by atoms with Crippen molar-refractivity contribution in [3.05, 3.63) is 60.4 Å². The van der Waals surface area contributed by atoms with Gasteiger partial charge in [-0.3, -0.25) is 14.6 Å². The maximum Gasteiger partial charge on any atom is 0.249 e. The normalized spacial score (nSPS) is 17.8. The molecule has 1 N–H and O–H groups in total. The SMILES string of the molecule is O=C(Nc1cccnc1)[C@@H]1COCC(=O)N1Cc1ccccc1. The van der Waals surface area contributed by atoms with E-state index in [1.807, 2.05) is 30.3 Å². The Morgan fingerprint density at radius 3 is 2.83 bits per heavy atom. The van der Waals surface area contributed by atoms with Crippen molar-refractivity contribution >= 4 is 17.5 Å². The van der Waals surface area contributed by atoms with Crippen LogP contribution in [0.3, 0.4) is 0 Å². The van der Waals surface area contributed by atoms with Gasteiger partial charge in [-0.15, -0.1) is 0 Å². The highest BCUT2D eigenvalue weighted by Crippen LogP contribution is 2.15. The van der Waals surface area contributed by atoms with Crippen LogP contribution < -0.4 is 5.32 Å². The Kier molecular flexibility index (Phi) is 4.63. The summed E-state index contributed by atoms with van der Waals surface area (Å²) in [6.45, 7) is 0.572. The van der Waals surface area contributed by atoms with E-state index in [-0.39, 0.29) is 25.0 Å². The van der Waals surface area contributed by atoms with Crippen molar-refractivity contribution in [2.45, 2.75) is 12.6 Å². The number of rotatable bonds is 4. The van der Waals surface area contributed by atoms with Gasteiger partial charge in [-0.1, -0.05) is 30.3 Å². The molecule has 1 atom stereocenters. The fraction of sp³-hybridized carbons (Fsp3) is 0.235. The molecular weight excluding hydrogens is 294 g/mol. The first-order chi connectivity index (χ1) is 11.2. The van der Waals surface area contributed by atoms with Crippen LogP contribution >= 0.6 is 0 Å². The van der Waals surface area contributed by atoms with Crippen LogP contribution in [0.2, 0.25) is 0 Å². The molecule has 118 valence electrons. The van der Waals surface area contributed by atoms with E-state index in [0.717, 1.165) is 5.56 Å². The number of carbonyl (C=O) groups is 2. The monoisotopic (exact) mass is 311 g/mol. The molecule has 2 aromatic rings. The Morgan fingerprint density at radius 1 is 1.26 bits per heavy atom. The van der Waals surface area contributed by atoms with E-state index in [2.05, 4.69) is 10.3 Å². The Hall–Kier alpha value is -2.73. The molecule has 0 bridgehead atoms. The van der Waals surface area contributed by atoms with Gasteiger partial charge in [0, 0.05) is 12.7 Å². The summed E-state index contributed by atoms with van der Waals surface area (Å²) in [6, 6.07) is 12.4. The Balaban J connectivity index is 1.75. The largest absolute Gasteiger partial charge is 0.369 e. The molecule has 1 aliphatic rings. The molecule has 1 aromatic heterocycles. The Bertz CT molecular complexity index is 676. The van der Waals surface area contributed by atoms with E-state index in [4.69, 9.17) is 4.74 Å². The van der Waals surface area contributed by atoms with Gasteiger partial charge in [0.25, 0.3) is 0 Å². The van der Waals surface area contributed by atoms with Gasteiger partial charge >= 0.3 is 0 Å². The Morgan fingerprint density at radius 2 is 2.09 bits per heavy atom. The predicted octanol–water partition coefficient (Wildman–Crippen LogP) is 1.45. The fourth-order valence-corrected chi connectivity index (χ4v) is 2.46. The summed E-state index contributed by atoms with van der Waals surface area (Å²) in [5, 5.41) is 2.77. The summed E-state index contributed by atoms with van der Waals surface area (Å²) in [5.41, 5.74) is 1.57. The van der Waals surface area contributed by atoms with E-state index in [9.17, 15) is 9.59 Å². The highest BCUT2D eigenvalue weighted by molar-refractivity contribution is 5.97. The molecule has 0 aliphatic carbocycles. The first-order valence-electron chi connectivity index (χ1n) is 7.36. The number of hydrogen-bond acceptors (Lipinski definition) is 4. The lowest BCUT2D eigenvalue weighted by atomic mass is 10.1. The highest BCUT2D eigenvalue weighted by Gasteiger charge is 2.34. The predicted molar refractivity (Wildman–Crippen MR) is 84.5 cm³/mol. The van der Waals surface area contributed by atoms with Gasteiger partial charge in [0.2, 0.25) is 11.8 Å². The molecule has 0 unspecified atom stereocenters. The maximum atomic E-state index is 12.5. The number of morpholine rings is 1. The van der Waals surface area contributed by atoms with Crippen LogP contribution in [0.5, 0.6) is 0 Å². The first kappa shape index (κ1) is 15.2. The molecule has 2 amide bonds. The molecule has 0 radical (unpaired) electrons. The first-order valence-corrected chi connectivity index (χ1v) is 7.36. The second kappa shape index (κ2) is 7.02. The minimum Gasteiger partial charge on any atom is -0.369 e.